The number of amides is 2. The lowest BCUT2D eigenvalue weighted by atomic mass is 9.95. The van der Waals surface area contributed by atoms with Gasteiger partial charge in [0.2, 0.25) is 11.8 Å². The summed E-state index contributed by atoms with van der Waals surface area (Å²) in [6.07, 6.45) is 4.66. The van der Waals surface area contributed by atoms with Crippen LogP contribution in [0.1, 0.15) is 32.1 Å². The van der Waals surface area contributed by atoms with E-state index in [0.717, 1.165) is 25.8 Å². The van der Waals surface area contributed by atoms with Crippen molar-refractivity contribution in [3.8, 4) is 0 Å². The fraction of sp³-hybridized carbons (Fsp3) is 0.833. The third kappa shape index (κ3) is 2.97. The SMILES string of the molecule is NC(=O)C1CCN(C(=O)C2CCCCN2)CC1. The Balaban J connectivity index is 1.83. The van der Waals surface area contributed by atoms with Crippen LogP contribution in [0.25, 0.3) is 0 Å². The van der Waals surface area contributed by atoms with E-state index in [1.54, 1.807) is 0 Å². The summed E-state index contributed by atoms with van der Waals surface area (Å²) in [5.74, 6) is -0.0705. The van der Waals surface area contributed by atoms with E-state index >= 15 is 0 Å². The Kier molecular flexibility index (Phi) is 3.99. The molecule has 0 bridgehead atoms. The number of piperidine rings is 2. The van der Waals surface area contributed by atoms with E-state index in [1.807, 2.05) is 4.90 Å². The van der Waals surface area contributed by atoms with Crippen molar-refractivity contribution in [1.29, 1.82) is 0 Å². The fourth-order valence-corrected chi connectivity index (χ4v) is 2.67. The van der Waals surface area contributed by atoms with Gasteiger partial charge in [0.15, 0.2) is 0 Å². The minimum Gasteiger partial charge on any atom is -0.369 e. The van der Waals surface area contributed by atoms with Gasteiger partial charge in [-0.15, -0.1) is 0 Å². The zero-order chi connectivity index (χ0) is 12.3. The minimum atomic E-state index is -0.229. The second-order valence-corrected chi connectivity index (χ2v) is 5.00. The lowest BCUT2D eigenvalue weighted by Crippen LogP contribution is -2.51. The lowest BCUT2D eigenvalue weighted by molar-refractivity contribution is -0.137. The molecule has 2 aliphatic rings. The van der Waals surface area contributed by atoms with Crippen LogP contribution in [0.5, 0.6) is 0 Å². The maximum Gasteiger partial charge on any atom is 0.239 e. The third-order valence-corrected chi connectivity index (χ3v) is 3.82. The molecule has 2 aliphatic heterocycles. The van der Waals surface area contributed by atoms with Gasteiger partial charge in [0.1, 0.15) is 0 Å². The van der Waals surface area contributed by atoms with Crippen LogP contribution in [-0.2, 0) is 9.59 Å². The standard InChI is InChI=1S/C12H21N3O2/c13-11(16)9-4-7-15(8-5-9)12(17)10-3-1-2-6-14-10/h9-10,14H,1-8H2,(H2,13,16). The van der Waals surface area contributed by atoms with Crippen molar-refractivity contribution >= 4 is 11.8 Å². The molecule has 0 saturated carbocycles. The van der Waals surface area contributed by atoms with E-state index in [2.05, 4.69) is 5.32 Å². The number of hydrogen-bond donors (Lipinski definition) is 2. The molecule has 1 atom stereocenters. The van der Waals surface area contributed by atoms with Crippen LogP contribution >= 0.6 is 0 Å². The van der Waals surface area contributed by atoms with Gasteiger partial charge in [0.25, 0.3) is 0 Å². The molecule has 0 aliphatic carbocycles. The van der Waals surface area contributed by atoms with Gasteiger partial charge in [0, 0.05) is 19.0 Å². The smallest absolute Gasteiger partial charge is 0.239 e. The van der Waals surface area contributed by atoms with E-state index in [9.17, 15) is 9.59 Å². The predicted octanol–water partition coefficient (Wildman–Crippen LogP) is -0.148. The highest BCUT2D eigenvalue weighted by atomic mass is 16.2. The van der Waals surface area contributed by atoms with Crippen LogP contribution in [-0.4, -0.2) is 42.4 Å². The van der Waals surface area contributed by atoms with E-state index in [0.29, 0.717) is 25.9 Å². The molecule has 1 unspecified atom stereocenters. The first-order valence-electron chi connectivity index (χ1n) is 6.50. The minimum absolute atomic E-state index is 0.00567. The van der Waals surface area contributed by atoms with E-state index in [1.165, 1.54) is 0 Å². The summed E-state index contributed by atoms with van der Waals surface area (Å²) in [6.45, 7) is 2.28. The Hall–Kier alpha value is -1.10. The van der Waals surface area contributed by atoms with Crippen molar-refractivity contribution < 1.29 is 9.59 Å². The quantitative estimate of drug-likeness (QED) is 0.704. The summed E-state index contributed by atoms with van der Waals surface area (Å²) in [5.41, 5.74) is 5.28. The molecule has 2 amide bonds. The van der Waals surface area contributed by atoms with Crippen molar-refractivity contribution in [3.63, 3.8) is 0 Å². The van der Waals surface area contributed by atoms with Crippen LogP contribution < -0.4 is 11.1 Å². The first kappa shape index (κ1) is 12.4. The van der Waals surface area contributed by atoms with Gasteiger partial charge in [-0.25, -0.2) is 0 Å². The highest BCUT2D eigenvalue weighted by Gasteiger charge is 2.30. The highest BCUT2D eigenvalue weighted by molar-refractivity contribution is 5.82. The number of carbonyl (C=O) groups excluding carboxylic acids is 2. The zero-order valence-corrected chi connectivity index (χ0v) is 10.2. The van der Waals surface area contributed by atoms with Crippen molar-refractivity contribution in [1.82, 2.24) is 10.2 Å². The molecule has 5 nitrogen and oxygen atoms in total. The highest BCUT2D eigenvalue weighted by Crippen LogP contribution is 2.19. The van der Waals surface area contributed by atoms with Crippen LogP contribution in [0.4, 0.5) is 0 Å². The summed E-state index contributed by atoms with van der Waals surface area (Å²) >= 11 is 0. The molecule has 5 heteroatoms. The predicted molar refractivity (Wildman–Crippen MR) is 64.1 cm³/mol. The van der Waals surface area contributed by atoms with Gasteiger partial charge in [-0.2, -0.15) is 0 Å². The monoisotopic (exact) mass is 239 g/mol. The van der Waals surface area contributed by atoms with Gasteiger partial charge in [-0.3, -0.25) is 9.59 Å². The third-order valence-electron chi connectivity index (χ3n) is 3.82. The van der Waals surface area contributed by atoms with Gasteiger partial charge >= 0.3 is 0 Å². The molecular weight excluding hydrogens is 218 g/mol. The first-order chi connectivity index (χ1) is 8.18. The second-order valence-electron chi connectivity index (χ2n) is 5.00. The second kappa shape index (κ2) is 5.49. The molecule has 0 aromatic carbocycles. The summed E-state index contributed by atoms with van der Waals surface area (Å²) in [7, 11) is 0. The average Bonchev–Trinajstić information content (AvgIpc) is 2.39. The van der Waals surface area contributed by atoms with Gasteiger partial charge in [0.05, 0.1) is 6.04 Å². The lowest BCUT2D eigenvalue weighted by Gasteiger charge is -2.34. The van der Waals surface area contributed by atoms with Gasteiger partial charge in [-0.1, -0.05) is 6.42 Å². The van der Waals surface area contributed by atoms with E-state index < -0.39 is 0 Å². The number of likely N-dealkylation sites (tertiary alicyclic amines) is 1. The van der Waals surface area contributed by atoms with Crippen LogP contribution in [0, 0.1) is 5.92 Å². The largest absolute Gasteiger partial charge is 0.369 e. The van der Waals surface area contributed by atoms with Crippen molar-refractivity contribution in [2.75, 3.05) is 19.6 Å². The summed E-state index contributed by atoms with van der Waals surface area (Å²) < 4.78 is 0. The summed E-state index contributed by atoms with van der Waals surface area (Å²) in [6, 6.07) is -0.00567. The molecule has 2 fully saturated rings. The maximum absolute atomic E-state index is 12.2. The number of carbonyl (C=O) groups is 2. The summed E-state index contributed by atoms with van der Waals surface area (Å²) in [4.78, 5) is 25.1. The number of rotatable bonds is 2. The molecule has 0 aromatic heterocycles. The molecule has 2 saturated heterocycles. The molecule has 0 aromatic rings. The van der Waals surface area contributed by atoms with E-state index in [4.69, 9.17) is 5.73 Å². The number of nitrogens with zero attached hydrogens (tertiary/aromatic N) is 1. The van der Waals surface area contributed by atoms with Gasteiger partial charge in [-0.05, 0) is 32.2 Å². The molecule has 2 heterocycles. The Morgan fingerprint density at radius 3 is 2.35 bits per heavy atom. The normalized spacial score (nSPS) is 26.8. The van der Waals surface area contributed by atoms with Crippen molar-refractivity contribution in [2.24, 2.45) is 11.7 Å². The molecule has 2 rings (SSSR count). The molecule has 0 radical (unpaired) electrons. The number of primary amides is 1. The molecule has 96 valence electrons. The maximum atomic E-state index is 12.2. The van der Waals surface area contributed by atoms with Crippen LogP contribution in [0.3, 0.4) is 0 Å². The fourth-order valence-electron chi connectivity index (χ4n) is 2.67. The average molecular weight is 239 g/mol. The van der Waals surface area contributed by atoms with Crippen molar-refractivity contribution in [3.05, 3.63) is 0 Å². The van der Waals surface area contributed by atoms with Crippen molar-refractivity contribution in [2.45, 2.75) is 38.1 Å². The first-order valence-corrected chi connectivity index (χ1v) is 6.50. The molecule has 0 spiro atoms. The Morgan fingerprint density at radius 2 is 1.82 bits per heavy atom. The Bertz CT molecular complexity index is 292. The van der Waals surface area contributed by atoms with Crippen LogP contribution in [0.15, 0.2) is 0 Å². The topological polar surface area (TPSA) is 75.4 Å². The Labute approximate surface area is 102 Å². The van der Waals surface area contributed by atoms with Crippen LogP contribution in [0.2, 0.25) is 0 Å². The number of hydrogen-bond acceptors (Lipinski definition) is 3. The summed E-state index contributed by atoms with van der Waals surface area (Å²) in [5, 5.41) is 3.27. The molecular formula is C12H21N3O2. The van der Waals surface area contributed by atoms with Gasteiger partial charge < -0.3 is 16.0 Å². The number of nitrogens with one attached hydrogen (secondary N) is 1. The molecule has 3 N–H and O–H groups in total. The van der Waals surface area contributed by atoms with E-state index in [-0.39, 0.29) is 23.8 Å². The Morgan fingerprint density at radius 1 is 1.12 bits per heavy atom. The zero-order valence-electron chi connectivity index (χ0n) is 10.2. The molecule has 17 heavy (non-hydrogen) atoms. The number of nitrogens with two attached hydrogens (primary N) is 1.